The van der Waals surface area contributed by atoms with Gasteiger partial charge in [-0.25, -0.2) is 4.79 Å². The van der Waals surface area contributed by atoms with Crippen LogP contribution in [0.2, 0.25) is 0 Å². The van der Waals surface area contributed by atoms with Crippen LogP contribution in [0, 0.1) is 0 Å². The molecular weight excluding hydrogens is 458 g/mol. The first-order valence-electron chi connectivity index (χ1n) is 12.0. The molecule has 1 unspecified atom stereocenters. The van der Waals surface area contributed by atoms with Crippen molar-refractivity contribution in [3.8, 4) is 0 Å². The van der Waals surface area contributed by atoms with Gasteiger partial charge in [0.1, 0.15) is 6.10 Å². The lowest BCUT2D eigenvalue weighted by Gasteiger charge is -2.21. The summed E-state index contributed by atoms with van der Waals surface area (Å²) in [6.07, 6.45) is 1.81. The average Bonchev–Trinajstić information content (AvgIpc) is 2.88. The number of aryl methyl sites for hydroxylation is 1. The van der Waals surface area contributed by atoms with Crippen LogP contribution >= 0.6 is 12.2 Å². The number of hydrogen-bond acceptors (Lipinski definition) is 4. The Bertz CT molecular complexity index is 1040. The lowest BCUT2D eigenvalue weighted by atomic mass is 9.99. The van der Waals surface area contributed by atoms with Gasteiger partial charge in [-0.1, -0.05) is 84.9 Å². The van der Waals surface area contributed by atoms with E-state index in [9.17, 15) is 9.90 Å². The zero-order chi connectivity index (χ0) is 24.9. The third-order valence-electron chi connectivity index (χ3n) is 5.73. The summed E-state index contributed by atoms with van der Waals surface area (Å²) in [5.74, 6) is -0.938. The number of benzene rings is 3. The summed E-state index contributed by atoms with van der Waals surface area (Å²) in [6, 6.07) is 28.4. The lowest BCUT2D eigenvalue weighted by molar-refractivity contribution is -0.149. The smallest absolute Gasteiger partial charge is 0.333 e. The van der Waals surface area contributed by atoms with E-state index in [0.717, 1.165) is 36.0 Å². The quantitative estimate of drug-likeness (QED) is 0.307. The first-order valence-corrected chi connectivity index (χ1v) is 12.4. The summed E-state index contributed by atoms with van der Waals surface area (Å²) >= 11 is 5.48. The van der Waals surface area contributed by atoms with Gasteiger partial charge in [-0.15, -0.1) is 0 Å². The number of thiocarbonyl (C=S) groups is 1. The van der Waals surface area contributed by atoms with Crippen molar-refractivity contribution in [2.45, 2.75) is 44.8 Å². The highest BCUT2D eigenvalue weighted by atomic mass is 32.1. The number of carboxylic acid groups (broad SMARTS) is 1. The fourth-order valence-corrected chi connectivity index (χ4v) is 4.08. The Morgan fingerprint density at radius 2 is 1.49 bits per heavy atom. The van der Waals surface area contributed by atoms with Crippen LogP contribution in [0.4, 0.5) is 0 Å². The number of carbonyl (C=O) groups is 1. The fraction of sp³-hybridized carbons (Fsp3) is 0.310. The maximum Gasteiger partial charge on any atom is 0.333 e. The van der Waals surface area contributed by atoms with Crippen molar-refractivity contribution < 1.29 is 19.4 Å². The van der Waals surface area contributed by atoms with E-state index in [1.54, 1.807) is 6.92 Å². The van der Waals surface area contributed by atoms with Crippen LogP contribution in [0.15, 0.2) is 84.9 Å². The lowest BCUT2D eigenvalue weighted by Crippen LogP contribution is -2.28. The van der Waals surface area contributed by atoms with E-state index in [1.807, 2.05) is 60.7 Å². The predicted molar refractivity (Wildman–Crippen MR) is 143 cm³/mol. The number of aliphatic carboxylic acids is 1. The molecule has 0 spiro atoms. The van der Waals surface area contributed by atoms with Crippen molar-refractivity contribution in [1.29, 1.82) is 0 Å². The number of carboxylic acids is 1. The Balaban J connectivity index is 1.55. The molecule has 0 saturated heterocycles. The van der Waals surface area contributed by atoms with Gasteiger partial charge in [0.05, 0.1) is 0 Å². The summed E-state index contributed by atoms with van der Waals surface area (Å²) in [7, 11) is 0. The molecule has 35 heavy (non-hydrogen) atoms. The van der Waals surface area contributed by atoms with Crippen LogP contribution in [-0.4, -0.2) is 35.5 Å². The highest BCUT2D eigenvalue weighted by molar-refractivity contribution is 7.80. The number of hydrogen-bond donors (Lipinski definition) is 2. The van der Waals surface area contributed by atoms with Crippen LogP contribution < -0.4 is 5.32 Å². The monoisotopic (exact) mass is 491 g/mol. The van der Waals surface area contributed by atoms with Crippen molar-refractivity contribution in [1.82, 2.24) is 5.32 Å². The molecule has 0 bridgehead atoms. The molecule has 6 heteroatoms. The Morgan fingerprint density at radius 1 is 0.886 bits per heavy atom. The summed E-state index contributed by atoms with van der Waals surface area (Å²) in [6.45, 7) is 2.89. The second kappa shape index (κ2) is 14.2. The minimum Gasteiger partial charge on any atom is -0.479 e. The van der Waals surface area contributed by atoms with Gasteiger partial charge in [-0.2, -0.15) is 0 Å². The molecule has 0 fully saturated rings. The fourth-order valence-electron chi connectivity index (χ4n) is 3.86. The first-order chi connectivity index (χ1) is 17.0. The van der Waals surface area contributed by atoms with Gasteiger partial charge in [-0.3, -0.25) is 0 Å². The van der Waals surface area contributed by atoms with Gasteiger partial charge in [0.2, 0.25) is 0 Å². The van der Waals surface area contributed by atoms with E-state index in [2.05, 4.69) is 29.6 Å². The van der Waals surface area contributed by atoms with E-state index >= 15 is 0 Å². The van der Waals surface area contributed by atoms with E-state index in [4.69, 9.17) is 21.7 Å². The largest absolute Gasteiger partial charge is 0.479 e. The minimum absolute atomic E-state index is 0.165. The highest BCUT2D eigenvalue weighted by Crippen LogP contribution is 2.24. The molecule has 0 heterocycles. The number of rotatable bonds is 13. The molecule has 0 aliphatic carbocycles. The summed E-state index contributed by atoms with van der Waals surface area (Å²) in [5, 5.41) is 12.9. The highest BCUT2D eigenvalue weighted by Gasteiger charge is 2.18. The molecule has 0 aliphatic rings. The predicted octanol–water partition coefficient (Wildman–Crippen LogP) is 5.53. The van der Waals surface area contributed by atoms with Crippen molar-refractivity contribution in [3.05, 3.63) is 107 Å². The molecule has 0 aromatic heterocycles. The van der Waals surface area contributed by atoms with E-state index in [0.29, 0.717) is 24.7 Å². The van der Waals surface area contributed by atoms with Crippen molar-refractivity contribution in [2.75, 3.05) is 13.2 Å². The molecule has 3 aromatic rings. The molecule has 0 amide bonds. The Morgan fingerprint density at radius 3 is 2.11 bits per heavy atom. The van der Waals surface area contributed by atoms with Crippen LogP contribution in [-0.2, 0) is 33.5 Å². The van der Waals surface area contributed by atoms with Crippen LogP contribution in [0.5, 0.6) is 0 Å². The number of nitrogens with one attached hydrogen (secondary N) is 1. The molecule has 5 nitrogen and oxygen atoms in total. The van der Waals surface area contributed by atoms with E-state index < -0.39 is 12.1 Å². The maximum atomic E-state index is 11.3. The number of ether oxygens (including phenoxy) is 2. The molecule has 3 aromatic carbocycles. The molecule has 2 atom stereocenters. The second-order valence-electron chi connectivity index (χ2n) is 8.31. The Hall–Kier alpha value is -3.22. The van der Waals surface area contributed by atoms with Gasteiger partial charge in [0.25, 0.3) is 5.17 Å². The molecule has 2 N–H and O–H groups in total. The average molecular weight is 492 g/mol. The van der Waals surface area contributed by atoms with Crippen molar-refractivity contribution >= 4 is 23.4 Å². The van der Waals surface area contributed by atoms with Gasteiger partial charge in [-0.05, 0) is 60.7 Å². The molecule has 0 aliphatic heterocycles. The topological polar surface area (TPSA) is 67.8 Å². The standard InChI is InChI=1S/C29H33NO4S/c1-2-33-27(28(31)32)21-24-15-13-23(14-16-24)17-18-26(25-11-7-4-8-12-25)34-29(35)30-20-19-22-9-5-3-6-10-22/h3-16,26-27H,2,17-21H2,1H3,(H,30,35)(H,31,32)/t26?,27-/m1/s1. The summed E-state index contributed by atoms with van der Waals surface area (Å²) < 4.78 is 11.5. The third-order valence-corrected chi connectivity index (χ3v) is 5.97. The SMILES string of the molecule is CCO[C@H](Cc1ccc(CCC(OC(=S)NCCc2ccccc2)c2ccccc2)cc1)C(=O)O. The van der Waals surface area contributed by atoms with Crippen LogP contribution in [0.3, 0.4) is 0 Å². The van der Waals surface area contributed by atoms with Gasteiger partial charge >= 0.3 is 5.97 Å². The summed E-state index contributed by atoms with van der Waals surface area (Å²) in [4.78, 5) is 11.3. The zero-order valence-corrected chi connectivity index (χ0v) is 20.9. The van der Waals surface area contributed by atoms with Crippen LogP contribution in [0.25, 0.3) is 0 Å². The molecule has 3 rings (SSSR count). The first kappa shape index (κ1) is 26.4. The third kappa shape index (κ3) is 9.15. The van der Waals surface area contributed by atoms with Crippen molar-refractivity contribution in [3.63, 3.8) is 0 Å². The molecule has 0 radical (unpaired) electrons. The molecular formula is C29H33NO4S. The van der Waals surface area contributed by atoms with Gasteiger partial charge in [0, 0.05) is 19.6 Å². The zero-order valence-electron chi connectivity index (χ0n) is 20.1. The van der Waals surface area contributed by atoms with E-state index in [-0.39, 0.29) is 6.10 Å². The molecule has 0 saturated carbocycles. The Labute approximate surface area is 213 Å². The van der Waals surface area contributed by atoms with Gasteiger partial charge in [0.15, 0.2) is 6.10 Å². The van der Waals surface area contributed by atoms with Crippen LogP contribution in [0.1, 0.15) is 41.7 Å². The maximum absolute atomic E-state index is 11.3. The summed E-state index contributed by atoms with van der Waals surface area (Å²) in [5.41, 5.74) is 4.43. The second-order valence-corrected chi connectivity index (χ2v) is 8.68. The van der Waals surface area contributed by atoms with Crippen molar-refractivity contribution in [2.24, 2.45) is 0 Å². The minimum atomic E-state index is -0.938. The Kier molecular flexibility index (Phi) is 10.7. The molecule has 184 valence electrons. The van der Waals surface area contributed by atoms with E-state index in [1.165, 1.54) is 5.56 Å². The normalized spacial score (nSPS) is 12.5. The van der Waals surface area contributed by atoms with Gasteiger partial charge < -0.3 is 19.9 Å².